The van der Waals surface area contributed by atoms with Gasteiger partial charge in [0.15, 0.2) is 5.82 Å². The standard InChI is InChI=1S/C16H23N9/c1-2-25-15(10-24-12-17-11-20-24)21-22-16(25)13-3-7-23(8-4-13)9-14-18-5-6-19-14/h5-6,11-13H,2-4,7-10H2,1H3,(H,18,19). The molecule has 0 aliphatic carbocycles. The molecule has 1 aliphatic heterocycles. The van der Waals surface area contributed by atoms with Crippen LogP contribution in [0.25, 0.3) is 0 Å². The summed E-state index contributed by atoms with van der Waals surface area (Å²) in [6.45, 7) is 6.62. The lowest BCUT2D eigenvalue weighted by atomic mass is 9.96. The zero-order chi connectivity index (χ0) is 17.1. The highest BCUT2D eigenvalue weighted by Gasteiger charge is 2.26. The van der Waals surface area contributed by atoms with E-state index in [2.05, 4.69) is 46.6 Å². The molecule has 0 bridgehead atoms. The fourth-order valence-corrected chi connectivity index (χ4v) is 3.52. The normalized spacial score (nSPS) is 16.5. The average Bonchev–Trinajstić information content (AvgIpc) is 3.38. The highest BCUT2D eigenvalue weighted by molar-refractivity contribution is 5.04. The maximum Gasteiger partial charge on any atom is 0.154 e. The molecule has 4 heterocycles. The highest BCUT2D eigenvalue weighted by atomic mass is 15.4. The van der Waals surface area contributed by atoms with Crippen LogP contribution in [0.15, 0.2) is 25.0 Å². The molecular formula is C16H23N9. The molecule has 1 fully saturated rings. The van der Waals surface area contributed by atoms with Gasteiger partial charge in [0.1, 0.15) is 30.8 Å². The van der Waals surface area contributed by atoms with Crippen molar-refractivity contribution in [3.63, 3.8) is 0 Å². The highest BCUT2D eigenvalue weighted by Crippen LogP contribution is 2.28. The van der Waals surface area contributed by atoms with Crippen molar-refractivity contribution in [1.82, 2.24) is 44.4 Å². The molecule has 0 saturated carbocycles. The first kappa shape index (κ1) is 15.9. The van der Waals surface area contributed by atoms with Gasteiger partial charge in [-0.3, -0.25) is 4.90 Å². The third kappa shape index (κ3) is 3.46. The minimum Gasteiger partial charge on any atom is -0.348 e. The molecule has 9 heteroatoms. The first-order chi connectivity index (χ1) is 12.3. The van der Waals surface area contributed by atoms with Gasteiger partial charge >= 0.3 is 0 Å². The molecule has 9 nitrogen and oxygen atoms in total. The summed E-state index contributed by atoms with van der Waals surface area (Å²) in [6.07, 6.45) is 9.14. The van der Waals surface area contributed by atoms with E-state index < -0.39 is 0 Å². The first-order valence-electron chi connectivity index (χ1n) is 8.78. The van der Waals surface area contributed by atoms with Gasteiger partial charge in [-0.2, -0.15) is 5.10 Å². The first-order valence-corrected chi connectivity index (χ1v) is 8.78. The second-order valence-corrected chi connectivity index (χ2v) is 6.40. The minimum absolute atomic E-state index is 0.463. The number of H-pyrrole nitrogens is 1. The van der Waals surface area contributed by atoms with Crippen molar-refractivity contribution in [1.29, 1.82) is 0 Å². The zero-order valence-electron chi connectivity index (χ0n) is 14.4. The minimum atomic E-state index is 0.463. The summed E-state index contributed by atoms with van der Waals surface area (Å²) in [7, 11) is 0. The summed E-state index contributed by atoms with van der Waals surface area (Å²) in [5, 5.41) is 13.1. The molecule has 0 atom stereocenters. The second-order valence-electron chi connectivity index (χ2n) is 6.40. The smallest absolute Gasteiger partial charge is 0.154 e. The Balaban J connectivity index is 1.41. The van der Waals surface area contributed by atoms with Crippen LogP contribution in [0.4, 0.5) is 0 Å². The number of aromatic amines is 1. The summed E-state index contributed by atoms with van der Waals surface area (Å²) in [5.41, 5.74) is 0. The quantitative estimate of drug-likeness (QED) is 0.720. The maximum atomic E-state index is 4.51. The van der Waals surface area contributed by atoms with E-state index in [1.165, 1.54) is 0 Å². The molecule has 1 saturated heterocycles. The average molecular weight is 341 g/mol. The van der Waals surface area contributed by atoms with Crippen LogP contribution in [0.2, 0.25) is 0 Å². The molecule has 0 unspecified atom stereocenters. The van der Waals surface area contributed by atoms with Gasteiger partial charge in [-0.15, -0.1) is 10.2 Å². The van der Waals surface area contributed by atoms with Crippen molar-refractivity contribution in [2.45, 2.75) is 45.3 Å². The van der Waals surface area contributed by atoms with Crippen LogP contribution in [-0.2, 0) is 19.6 Å². The van der Waals surface area contributed by atoms with Gasteiger partial charge in [0.2, 0.25) is 0 Å². The van der Waals surface area contributed by atoms with Gasteiger partial charge in [0, 0.05) is 24.9 Å². The molecular weight excluding hydrogens is 318 g/mol. The van der Waals surface area contributed by atoms with Crippen LogP contribution in [0.5, 0.6) is 0 Å². The van der Waals surface area contributed by atoms with Crippen LogP contribution in [0, 0.1) is 0 Å². The van der Waals surface area contributed by atoms with Gasteiger partial charge in [-0.1, -0.05) is 0 Å². The Bertz CT molecular complexity index is 767. The lowest BCUT2D eigenvalue weighted by Gasteiger charge is -2.31. The number of likely N-dealkylation sites (tertiary alicyclic amines) is 1. The lowest BCUT2D eigenvalue weighted by molar-refractivity contribution is 0.196. The summed E-state index contributed by atoms with van der Waals surface area (Å²) >= 11 is 0. The topological polar surface area (TPSA) is 93.3 Å². The summed E-state index contributed by atoms with van der Waals surface area (Å²) in [4.78, 5) is 13.9. The van der Waals surface area contributed by atoms with Crippen molar-refractivity contribution in [2.75, 3.05) is 13.1 Å². The Morgan fingerprint density at radius 1 is 1.20 bits per heavy atom. The Kier molecular flexibility index (Phi) is 4.55. The number of nitrogens with one attached hydrogen (secondary N) is 1. The number of imidazole rings is 1. The Morgan fingerprint density at radius 2 is 2.08 bits per heavy atom. The van der Waals surface area contributed by atoms with Crippen molar-refractivity contribution in [3.8, 4) is 0 Å². The fourth-order valence-electron chi connectivity index (χ4n) is 3.52. The summed E-state index contributed by atoms with van der Waals surface area (Å²) in [5.74, 6) is 3.55. The van der Waals surface area contributed by atoms with Gasteiger partial charge in [0.25, 0.3) is 0 Å². The number of rotatable bonds is 6. The molecule has 3 aromatic rings. The number of hydrogen-bond donors (Lipinski definition) is 1. The molecule has 0 radical (unpaired) electrons. The Labute approximate surface area is 146 Å². The monoisotopic (exact) mass is 341 g/mol. The van der Waals surface area contributed by atoms with Gasteiger partial charge in [-0.25, -0.2) is 14.6 Å². The van der Waals surface area contributed by atoms with E-state index in [1.54, 1.807) is 17.3 Å². The van der Waals surface area contributed by atoms with E-state index in [0.717, 1.165) is 56.5 Å². The van der Waals surface area contributed by atoms with Crippen molar-refractivity contribution < 1.29 is 0 Å². The van der Waals surface area contributed by atoms with Crippen molar-refractivity contribution in [2.24, 2.45) is 0 Å². The molecule has 0 amide bonds. The van der Waals surface area contributed by atoms with Gasteiger partial charge in [-0.05, 0) is 32.9 Å². The molecule has 132 valence electrons. The summed E-state index contributed by atoms with van der Waals surface area (Å²) in [6, 6.07) is 0. The van der Waals surface area contributed by atoms with Crippen LogP contribution in [0.3, 0.4) is 0 Å². The van der Waals surface area contributed by atoms with Gasteiger partial charge < -0.3 is 9.55 Å². The number of hydrogen-bond acceptors (Lipinski definition) is 6. The van der Waals surface area contributed by atoms with Gasteiger partial charge in [0.05, 0.1) is 6.54 Å². The van der Waals surface area contributed by atoms with E-state index in [0.29, 0.717) is 12.5 Å². The van der Waals surface area contributed by atoms with E-state index >= 15 is 0 Å². The summed E-state index contributed by atoms with van der Waals surface area (Å²) < 4.78 is 4.01. The molecule has 0 spiro atoms. The van der Waals surface area contributed by atoms with Crippen molar-refractivity contribution in [3.05, 3.63) is 42.5 Å². The number of piperidine rings is 1. The molecule has 3 aromatic heterocycles. The second kappa shape index (κ2) is 7.14. The van der Waals surface area contributed by atoms with Crippen molar-refractivity contribution >= 4 is 0 Å². The SMILES string of the molecule is CCn1c(Cn2cncn2)nnc1C1CCN(Cc2ncc[nH]2)CC1. The third-order valence-corrected chi connectivity index (χ3v) is 4.82. The molecule has 25 heavy (non-hydrogen) atoms. The molecule has 1 N–H and O–H groups in total. The zero-order valence-corrected chi connectivity index (χ0v) is 14.4. The van der Waals surface area contributed by atoms with Crippen LogP contribution >= 0.6 is 0 Å². The predicted molar refractivity (Wildman–Crippen MR) is 90.7 cm³/mol. The number of aromatic nitrogens is 8. The third-order valence-electron chi connectivity index (χ3n) is 4.82. The largest absolute Gasteiger partial charge is 0.348 e. The van der Waals surface area contributed by atoms with E-state index in [1.807, 2.05) is 12.4 Å². The van der Waals surface area contributed by atoms with Crippen LogP contribution in [0.1, 0.15) is 43.2 Å². The molecule has 1 aliphatic rings. The van der Waals surface area contributed by atoms with Crippen LogP contribution < -0.4 is 0 Å². The van der Waals surface area contributed by atoms with Crippen LogP contribution in [-0.4, -0.2) is 57.5 Å². The van der Waals surface area contributed by atoms with E-state index in [9.17, 15) is 0 Å². The fraction of sp³-hybridized carbons (Fsp3) is 0.562. The Morgan fingerprint density at radius 3 is 2.76 bits per heavy atom. The van der Waals surface area contributed by atoms with E-state index in [4.69, 9.17) is 0 Å². The van der Waals surface area contributed by atoms with E-state index in [-0.39, 0.29) is 0 Å². The lowest BCUT2D eigenvalue weighted by Crippen LogP contribution is -2.33. The number of nitrogens with zero attached hydrogens (tertiary/aromatic N) is 8. The predicted octanol–water partition coefficient (Wildman–Crippen LogP) is 1.04. The molecule has 0 aromatic carbocycles. The Hall–Kier alpha value is -2.55. The maximum absolute atomic E-state index is 4.51. The molecule has 4 rings (SSSR count).